The Hall–Kier alpha value is -2.46. The molecule has 0 radical (unpaired) electrons. The van der Waals surface area contributed by atoms with Crippen LogP contribution in [0.5, 0.6) is 0 Å². The normalized spacial score (nSPS) is 17.8. The van der Waals surface area contributed by atoms with E-state index in [9.17, 15) is 14.9 Å². The summed E-state index contributed by atoms with van der Waals surface area (Å²) in [6.07, 6.45) is 0.321. The molecule has 0 saturated carbocycles. The number of rotatable bonds is 4. The lowest BCUT2D eigenvalue weighted by molar-refractivity contribution is -0.117. The summed E-state index contributed by atoms with van der Waals surface area (Å²) in [6, 6.07) is 14.5. The van der Waals surface area contributed by atoms with Gasteiger partial charge in [-0.3, -0.25) is 14.5 Å². The molecule has 1 unspecified atom stereocenters. The third-order valence-electron chi connectivity index (χ3n) is 4.46. The number of amides is 2. The van der Waals surface area contributed by atoms with E-state index in [4.69, 9.17) is 23.2 Å². The highest BCUT2D eigenvalue weighted by Gasteiger charge is 2.41. The Kier molecular flexibility index (Phi) is 6.53. The fraction of sp³-hybridized carbons (Fsp3) is 0.190. The van der Waals surface area contributed by atoms with Crippen LogP contribution in [0.2, 0.25) is 10.0 Å². The van der Waals surface area contributed by atoms with Crippen LogP contribution >= 0.6 is 35.0 Å². The average Bonchev–Trinajstić information content (AvgIpc) is 3.02. The highest BCUT2D eigenvalue weighted by molar-refractivity contribution is 8.05. The monoisotopic (exact) mass is 445 g/mol. The second-order valence-corrected chi connectivity index (χ2v) is 8.38. The van der Waals surface area contributed by atoms with Crippen molar-refractivity contribution in [1.82, 2.24) is 5.32 Å². The summed E-state index contributed by atoms with van der Waals surface area (Å²) in [4.78, 5) is 27.0. The molecule has 29 heavy (non-hydrogen) atoms. The van der Waals surface area contributed by atoms with Gasteiger partial charge < -0.3 is 5.32 Å². The molecule has 8 heteroatoms. The molecule has 3 rings (SSSR count). The van der Waals surface area contributed by atoms with Crippen molar-refractivity contribution in [2.45, 2.75) is 18.6 Å². The molecule has 1 saturated heterocycles. The van der Waals surface area contributed by atoms with Gasteiger partial charge in [-0.2, -0.15) is 5.26 Å². The maximum Gasteiger partial charge on any atom is 0.264 e. The molecule has 0 spiro atoms. The number of anilines is 1. The zero-order valence-electron chi connectivity index (χ0n) is 15.7. The Bertz CT molecular complexity index is 1040. The second-order valence-electron chi connectivity index (χ2n) is 6.40. The maximum absolute atomic E-state index is 13.3. The van der Waals surface area contributed by atoms with Gasteiger partial charge in [0, 0.05) is 12.7 Å². The van der Waals surface area contributed by atoms with Crippen LogP contribution in [0.3, 0.4) is 0 Å². The minimum Gasteiger partial charge on any atom is -0.354 e. The van der Waals surface area contributed by atoms with Crippen molar-refractivity contribution in [3.05, 3.63) is 74.2 Å². The summed E-state index contributed by atoms with van der Waals surface area (Å²) < 4.78 is 0. The highest BCUT2D eigenvalue weighted by atomic mass is 35.5. The molecule has 0 aliphatic carbocycles. The lowest BCUT2D eigenvalue weighted by Crippen LogP contribution is -2.31. The van der Waals surface area contributed by atoms with E-state index in [2.05, 4.69) is 5.32 Å². The molecule has 2 amide bonds. The number of nitrogens with one attached hydrogen (secondary N) is 1. The van der Waals surface area contributed by atoms with Gasteiger partial charge in [-0.1, -0.05) is 64.8 Å². The molecule has 0 bridgehead atoms. The van der Waals surface area contributed by atoms with Crippen LogP contribution in [0.15, 0.2) is 53.1 Å². The topological polar surface area (TPSA) is 73.2 Å². The minimum atomic E-state index is -0.546. The number of likely N-dealkylation sites (N-methyl/N-ethyl adjacent to an activating group) is 1. The van der Waals surface area contributed by atoms with Crippen LogP contribution in [0.25, 0.3) is 0 Å². The quantitative estimate of drug-likeness (QED) is 0.556. The van der Waals surface area contributed by atoms with Crippen molar-refractivity contribution < 1.29 is 9.59 Å². The number of carbonyl (C=O) groups excluding carboxylic acids is 2. The zero-order valence-corrected chi connectivity index (χ0v) is 18.0. The molecule has 1 heterocycles. The van der Waals surface area contributed by atoms with Crippen molar-refractivity contribution >= 4 is 52.5 Å². The molecule has 2 aromatic rings. The van der Waals surface area contributed by atoms with Gasteiger partial charge in [-0.15, -0.1) is 0 Å². The highest BCUT2D eigenvalue weighted by Crippen LogP contribution is 2.42. The first-order valence-corrected chi connectivity index (χ1v) is 10.4. The van der Waals surface area contributed by atoms with Crippen LogP contribution in [-0.2, 0) is 16.0 Å². The van der Waals surface area contributed by atoms with Crippen LogP contribution in [0.4, 0.5) is 5.69 Å². The molecular weight excluding hydrogens is 429 g/mol. The molecule has 1 aliphatic rings. The van der Waals surface area contributed by atoms with Gasteiger partial charge in [0.05, 0.1) is 15.3 Å². The van der Waals surface area contributed by atoms with E-state index < -0.39 is 11.2 Å². The van der Waals surface area contributed by atoms with Crippen molar-refractivity contribution in [3.63, 3.8) is 0 Å². The Labute approximate surface area is 183 Å². The number of thioether (sulfide) groups is 1. The van der Waals surface area contributed by atoms with E-state index in [0.717, 1.165) is 11.1 Å². The molecule has 1 atom stereocenters. The Morgan fingerprint density at radius 2 is 1.93 bits per heavy atom. The van der Waals surface area contributed by atoms with Crippen molar-refractivity contribution in [2.24, 2.45) is 0 Å². The molecule has 1 aliphatic heterocycles. The minimum absolute atomic E-state index is 0.105. The van der Waals surface area contributed by atoms with E-state index in [0.29, 0.717) is 27.2 Å². The molecule has 1 fully saturated rings. The largest absolute Gasteiger partial charge is 0.354 e. The van der Waals surface area contributed by atoms with E-state index in [-0.39, 0.29) is 11.5 Å². The Morgan fingerprint density at radius 1 is 1.24 bits per heavy atom. The Morgan fingerprint density at radius 3 is 2.55 bits per heavy atom. The summed E-state index contributed by atoms with van der Waals surface area (Å²) >= 11 is 13.6. The first kappa shape index (κ1) is 21.3. The van der Waals surface area contributed by atoms with Crippen LogP contribution in [0, 0.1) is 18.3 Å². The summed E-state index contributed by atoms with van der Waals surface area (Å²) in [5, 5.41) is 12.6. The fourth-order valence-corrected chi connectivity index (χ4v) is 4.64. The average molecular weight is 446 g/mol. The Balaban J connectivity index is 2.06. The summed E-state index contributed by atoms with van der Waals surface area (Å²) in [6.45, 7) is 1.94. The van der Waals surface area contributed by atoms with Gasteiger partial charge in [0.15, 0.2) is 0 Å². The van der Waals surface area contributed by atoms with Gasteiger partial charge in [0.25, 0.3) is 5.91 Å². The van der Waals surface area contributed by atoms with Gasteiger partial charge in [-0.25, -0.2) is 0 Å². The first-order valence-electron chi connectivity index (χ1n) is 8.74. The zero-order chi connectivity index (χ0) is 21.1. The SMILES string of the molecule is CNC(=O)/C(C#N)=C1/SC(Cc2cccc(Cl)c2Cl)C(=O)N1c1ccc(C)cc1. The number of nitriles is 1. The fourth-order valence-electron chi connectivity index (χ4n) is 2.95. The standard InChI is InChI=1S/C21H17Cl2N3O2S/c1-12-6-8-14(9-7-12)26-20(28)17(10-13-4-3-5-16(22)18(13)23)29-21(26)15(11-24)19(27)25-2/h3-9,17H,10H2,1-2H3,(H,25,27)/b21-15+. The maximum atomic E-state index is 13.3. The smallest absolute Gasteiger partial charge is 0.264 e. The van der Waals surface area contributed by atoms with Crippen LogP contribution in [-0.4, -0.2) is 24.1 Å². The summed E-state index contributed by atoms with van der Waals surface area (Å²) in [5.41, 5.74) is 2.26. The van der Waals surface area contributed by atoms with Gasteiger partial charge in [0.2, 0.25) is 5.91 Å². The molecule has 2 aromatic carbocycles. The number of benzene rings is 2. The molecular formula is C21H17Cl2N3O2S. The molecule has 0 aromatic heterocycles. The van der Waals surface area contributed by atoms with E-state index in [1.165, 1.54) is 23.7 Å². The second kappa shape index (κ2) is 8.91. The van der Waals surface area contributed by atoms with Crippen molar-refractivity contribution in [1.29, 1.82) is 5.26 Å². The lowest BCUT2D eigenvalue weighted by Gasteiger charge is -2.18. The summed E-state index contributed by atoms with van der Waals surface area (Å²) in [5.74, 6) is -0.761. The van der Waals surface area contributed by atoms with Crippen molar-refractivity contribution in [3.8, 4) is 6.07 Å². The predicted octanol–water partition coefficient (Wildman–Crippen LogP) is 4.47. The van der Waals surface area contributed by atoms with Crippen LogP contribution in [0.1, 0.15) is 11.1 Å². The number of aryl methyl sites for hydroxylation is 1. The lowest BCUT2D eigenvalue weighted by atomic mass is 10.1. The van der Waals surface area contributed by atoms with E-state index in [1.54, 1.807) is 24.3 Å². The number of nitrogens with zero attached hydrogens (tertiary/aromatic N) is 2. The number of hydrogen-bond acceptors (Lipinski definition) is 4. The third-order valence-corrected chi connectivity index (χ3v) is 6.58. The summed E-state index contributed by atoms with van der Waals surface area (Å²) in [7, 11) is 1.45. The van der Waals surface area contributed by atoms with E-state index >= 15 is 0 Å². The molecule has 1 N–H and O–H groups in total. The predicted molar refractivity (Wildman–Crippen MR) is 117 cm³/mol. The van der Waals surface area contributed by atoms with Gasteiger partial charge in [0.1, 0.15) is 16.7 Å². The number of carbonyl (C=O) groups is 2. The molecule has 148 valence electrons. The van der Waals surface area contributed by atoms with Gasteiger partial charge in [-0.05, 0) is 37.1 Å². The first-order chi connectivity index (χ1) is 13.9. The van der Waals surface area contributed by atoms with Crippen LogP contribution < -0.4 is 10.2 Å². The number of hydrogen-bond donors (Lipinski definition) is 1. The van der Waals surface area contributed by atoms with Gasteiger partial charge >= 0.3 is 0 Å². The third kappa shape index (κ3) is 4.27. The van der Waals surface area contributed by atoms with Crippen molar-refractivity contribution in [2.75, 3.05) is 11.9 Å². The number of halogens is 2. The van der Waals surface area contributed by atoms with E-state index in [1.807, 2.05) is 31.2 Å². The molecule has 5 nitrogen and oxygen atoms in total.